The molecule has 1 N–H and O–H groups in total. The summed E-state index contributed by atoms with van der Waals surface area (Å²) in [6, 6.07) is 5.35. The number of aryl methyl sites for hydroxylation is 2. The van der Waals surface area contributed by atoms with Crippen LogP contribution in [0.15, 0.2) is 29.2 Å². The van der Waals surface area contributed by atoms with Crippen LogP contribution < -0.4 is 11.0 Å². The number of carbonyl (C=O) groups excluding carboxylic acids is 1. The number of nitrogens with one attached hydrogen (secondary N) is 1. The molecule has 7 heteroatoms. The van der Waals surface area contributed by atoms with Crippen molar-refractivity contribution in [1.82, 2.24) is 18.9 Å². The van der Waals surface area contributed by atoms with Crippen LogP contribution in [0.5, 0.6) is 0 Å². The van der Waals surface area contributed by atoms with Crippen LogP contribution in [0, 0.1) is 24.2 Å². The summed E-state index contributed by atoms with van der Waals surface area (Å²) >= 11 is 0. The summed E-state index contributed by atoms with van der Waals surface area (Å²) in [6.45, 7) is 10.3. The molecule has 32 heavy (non-hydrogen) atoms. The van der Waals surface area contributed by atoms with E-state index < -0.39 is 0 Å². The Balaban J connectivity index is 1.94. The fourth-order valence-electron chi connectivity index (χ4n) is 5.00. The lowest BCUT2D eigenvalue weighted by atomic mass is 9.91. The van der Waals surface area contributed by atoms with Crippen LogP contribution in [0.4, 0.5) is 0 Å². The van der Waals surface area contributed by atoms with E-state index in [1.54, 1.807) is 16.8 Å². The van der Waals surface area contributed by atoms with Crippen molar-refractivity contribution in [2.45, 2.75) is 59.9 Å². The third-order valence-corrected chi connectivity index (χ3v) is 6.51. The third kappa shape index (κ3) is 3.96. The van der Waals surface area contributed by atoms with Gasteiger partial charge < -0.3 is 9.47 Å². The first-order valence-corrected chi connectivity index (χ1v) is 11.7. The zero-order chi connectivity index (χ0) is 23.0. The molecule has 0 bridgehead atoms. The molecule has 2 unspecified atom stereocenters. The number of rotatable bonds is 5. The highest BCUT2D eigenvalue weighted by Crippen LogP contribution is 2.23. The molecule has 0 aromatic carbocycles. The van der Waals surface area contributed by atoms with Gasteiger partial charge in [-0.25, -0.2) is 4.98 Å². The van der Waals surface area contributed by atoms with E-state index in [1.165, 1.54) is 4.40 Å². The van der Waals surface area contributed by atoms with E-state index in [9.17, 15) is 9.59 Å². The molecule has 7 nitrogen and oxygen atoms in total. The molecule has 0 radical (unpaired) electrons. The first-order chi connectivity index (χ1) is 15.3. The number of amides is 1. The highest BCUT2D eigenvalue weighted by molar-refractivity contribution is 5.97. The maximum Gasteiger partial charge on any atom is 0.267 e. The minimum absolute atomic E-state index is 0.148. The van der Waals surface area contributed by atoms with Gasteiger partial charge in [0.25, 0.3) is 11.5 Å². The summed E-state index contributed by atoms with van der Waals surface area (Å²) in [5.74, 6) is 0.690. The predicted molar refractivity (Wildman–Crippen MR) is 126 cm³/mol. The van der Waals surface area contributed by atoms with Gasteiger partial charge in [0.2, 0.25) is 0 Å². The summed E-state index contributed by atoms with van der Waals surface area (Å²) in [5.41, 5.74) is 2.21. The Morgan fingerprint density at radius 1 is 1.19 bits per heavy atom. The Morgan fingerprint density at radius 2 is 1.91 bits per heavy atom. The van der Waals surface area contributed by atoms with E-state index in [2.05, 4.69) is 20.8 Å². The van der Waals surface area contributed by atoms with Crippen LogP contribution in [0.2, 0.25) is 0 Å². The van der Waals surface area contributed by atoms with Gasteiger partial charge in [0.05, 0.1) is 10.9 Å². The molecule has 4 heterocycles. The molecule has 1 fully saturated rings. The number of unbranched alkanes of at least 4 members (excludes halogenated alkanes) is 2. The second-order valence-corrected chi connectivity index (χ2v) is 9.46. The number of hydrogen-bond donors (Lipinski definition) is 1. The maximum absolute atomic E-state index is 13.5. The molecule has 1 aliphatic rings. The third-order valence-electron chi connectivity index (χ3n) is 6.51. The van der Waals surface area contributed by atoms with Gasteiger partial charge in [-0.1, -0.05) is 39.7 Å². The molecule has 0 spiro atoms. The quantitative estimate of drug-likeness (QED) is 0.489. The summed E-state index contributed by atoms with van der Waals surface area (Å²) in [6.07, 6.45) is 5.74. The average Bonchev–Trinajstić information content (AvgIpc) is 2.75. The maximum atomic E-state index is 13.5. The molecular weight excluding hydrogens is 402 g/mol. The molecule has 1 saturated heterocycles. The summed E-state index contributed by atoms with van der Waals surface area (Å²) in [5, 5.41) is 9.30. The first kappa shape index (κ1) is 22.2. The van der Waals surface area contributed by atoms with Crippen molar-refractivity contribution < 1.29 is 4.79 Å². The van der Waals surface area contributed by atoms with Crippen molar-refractivity contribution in [3.05, 3.63) is 51.4 Å². The fourth-order valence-corrected chi connectivity index (χ4v) is 5.00. The average molecular weight is 436 g/mol. The van der Waals surface area contributed by atoms with Crippen LogP contribution >= 0.6 is 0 Å². The normalized spacial score (nSPS) is 19.1. The highest BCUT2D eigenvalue weighted by Gasteiger charge is 2.28. The Labute approximate surface area is 188 Å². The van der Waals surface area contributed by atoms with Gasteiger partial charge >= 0.3 is 0 Å². The Kier molecular flexibility index (Phi) is 6.17. The molecule has 170 valence electrons. The van der Waals surface area contributed by atoms with Gasteiger partial charge in [-0.3, -0.25) is 19.4 Å². The molecule has 3 aromatic heterocycles. The lowest BCUT2D eigenvalue weighted by Crippen LogP contribution is -2.45. The van der Waals surface area contributed by atoms with Crippen molar-refractivity contribution >= 4 is 22.6 Å². The second-order valence-electron chi connectivity index (χ2n) is 9.46. The molecule has 0 aliphatic carbocycles. The van der Waals surface area contributed by atoms with Gasteiger partial charge in [0.15, 0.2) is 0 Å². The number of nitrogens with zero attached hydrogens (tertiary/aromatic N) is 4. The predicted octanol–water partition coefficient (Wildman–Crippen LogP) is 3.75. The van der Waals surface area contributed by atoms with E-state index >= 15 is 0 Å². The molecular formula is C25H33N5O2. The molecule has 1 aliphatic heterocycles. The van der Waals surface area contributed by atoms with Crippen molar-refractivity contribution in [3.8, 4) is 0 Å². The SMILES string of the molecule is CCCCCn1c(=N)c(C(=O)N2CC(C)CC(C)C2)cc2c(=O)n3cccc(C)c3nc21. The monoisotopic (exact) mass is 435 g/mol. The smallest absolute Gasteiger partial charge is 0.267 e. The molecule has 3 aromatic rings. The van der Waals surface area contributed by atoms with Crippen LogP contribution in [0.3, 0.4) is 0 Å². The van der Waals surface area contributed by atoms with E-state index in [4.69, 9.17) is 10.4 Å². The molecule has 2 atom stereocenters. The minimum Gasteiger partial charge on any atom is -0.338 e. The topological polar surface area (TPSA) is 83.5 Å². The fraction of sp³-hybridized carbons (Fsp3) is 0.520. The van der Waals surface area contributed by atoms with E-state index in [-0.39, 0.29) is 17.0 Å². The van der Waals surface area contributed by atoms with E-state index in [1.807, 2.05) is 24.0 Å². The Morgan fingerprint density at radius 3 is 2.59 bits per heavy atom. The first-order valence-electron chi connectivity index (χ1n) is 11.7. The highest BCUT2D eigenvalue weighted by atomic mass is 16.2. The van der Waals surface area contributed by atoms with Crippen molar-refractivity contribution in [1.29, 1.82) is 5.41 Å². The van der Waals surface area contributed by atoms with Crippen LogP contribution in [-0.2, 0) is 6.54 Å². The van der Waals surface area contributed by atoms with Gasteiger partial charge in [0.1, 0.15) is 16.8 Å². The molecule has 0 saturated carbocycles. The van der Waals surface area contributed by atoms with E-state index in [0.29, 0.717) is 53.7 Å². The van der Waals surface area contributed by atoms with Crippen LogP contribution in [0.1, 0.15) is 62.4 Å². The minimum atomic E-state index is -0.202. The zero-order valence-electron chi connectivity index (χ0n) is 19.5. The number of likely N-dealkylation sites (tertiary alicyclic amines) is 1. The Hall–Kier alpha value is -2.96. The number of pyridine rings is 2. The number of aromatic nitrogens is 3. The largest absolute Gasteiger partial charge is 0.338 e. The number of piperidine rings is 1. The van der Waals surface area contributed by atoms with Crippen LogP contribution in [-0.4, -0.2) is 37.8 Å². The summed E-state index contributed by atoms with van der Waals surface area (Å²) < 4.78 is 3.31. The van der Waals surface area contributed by atoms with Crippen molar-refractivity contribution in [2.75, 3.05) is 13.1 Å². The molecule has 4 rings (SSSR count). The van der Waals surface area contributed by atoms with E-state index in [0.717, 1.165) is 31.2 Å². The second kappa shape index (κ2) is 8.88. The summed E-state index contributed by atoms with van der Waals surface area (Å²) in [7, 11) is 0. The Bertz CT molecular complexity index is 1280. The van der Waals surface area contributed by atoms with Crippen molar-refractivity contribution in [2.24, 2.45) is 11.8 Å². The lowest BCUT2D eigenvalue weighted by Gasteiger charge is -2.35. The standard InChI is InChI=1S/C25H33N5O2/c1-5-6-7-10-29-21(26)19(24(31)28-14-16(2)12-17(3)15-28)13-20-23(29)27-22-18(4)9-8-11-30(22)25(20)32/h8-9,11,13,16-17,26H,5-7,10,12,14-15H2,1-4H3. The van der Waals surface area contributed by atoms with Gasteiger partial charge in [-0.15, -0.1) is 0 Å². The number of fused-ring (bicyclic) bond motifs is 2. The van der Waals surface area contributed by atoms with Crippen molar-refractivity contribution in [3.63, 3.8) is 0 Å². The lowest BCUT2D eigenvalue weighted by molar-refractivity contribution is 0.0620. The number of carbonyl (C=O) groups is 1. The van der Waals surface area contributed by atoms with Gasteiger partial charge in [0, 0.05) is 25.8 Å². The van der Waals surface area contributed by atoms with Gasteiger partial charge in [-0.2, -0.15) is 0 Å². The van der Waals surface area contributed by atoms with Gasteiger partial charge in [-0.05, 0) is 49.3 Å². The molecule has 1 amide bonds. The summed E-state index contributed by atoms with van der Waals surface area (Å²) in [4.78, 5) is 33.6. The zero-order valence-corrected chi connectivity index (χ0v) is 19.5. The van der Waals surface area contributed by atoms with Crippen LogP contribution in [0.25, 0.3) is 16.7 Å². The number of hydrogen-bond acceptors (Lipinski definition) is 4.